The number of carboxylic acids is 1. The molecule has 2 heterocycles. The molecule has 0 amide bonds. The van der Waals surface area contributed by atoms with Gasteiger partial charge in [0.05, 0.1) is 18.2 Å². The van der Waals surface area contributed by atoms with Gasteiger partial charge in [-0.3, -0.25) is 9.69 Å². The average Bonchev–Trinajstić information content (AvgIpc) is 3.02. The summed E-state index contributed by atoms with van der Waals surface area (Å²) >= 11 is 0. The number of benzene rings is 1. The van der Waals surface area contributed by atoms with Crippen molar-refractivity contribution in [1.29, 1.82) is 0 Å². The molecule has 22 heavy (non-hydrogen) atoms. The van der Waals surface area contributed by atoms with E-state index in [-0.39, 0.29) is 17.8 Å². The molecule has 1 saturated heterocycles. The lowest BCUT2D eigenvalue weighted by atomic mass is 9.94. The summed E-state index contributed by atoms with van der Waals surface area (Å²) in [5.74, 6) is -0.764. The van der Waals surface area contributed by atoms with E-state index in [1.165, 1.54) is 12.1 Å². The molecule has 3 rings (SSSR count). The van der Waals surface area contributed by atoms with Crippen LogP contribution in [0.25, 0.3) is 0 Å². The van der Waals surface area contributed by atoms with Crippen LogP contribution in [-0.2, 0) is 4.79 Å². The van der Waals surface area contributed by atoms with Crippen LogP contribution in [-0.4, -0.2) is 29.1 Å². The zero-order chi connectivity index (χ0) is 15.5. The molecule has 1 fully saturated rings. The molecule has 0 saturated carbocycles. The van der Waals surface area contributed by atoms with Gasteiger partial charge < -0.3 is 9.52 Å². The van der Waals surface area contributed by atoms with E-state index in [4.69, 9.17) is 4.42 Å². The molecule has 5 heteroatoms. The summed E-state index contributed by atoms with van der Waals surface area (Å²) in [6, 6.07) is 9.78. The minimum Gasteiger partial charge on any atom is -0.481 e. The van der Waals surface area contributed by atoms with Crippen molar-refractivity contribution in [2.75, 3.05) is 13.1 Å². The Morgan fingerprint density at radius 3 is 2.91 bits per heavy atom. The number of furan rings is 1. The molecule has 4 nitrogen and oxygen atoms in total. The standard InChI is InChI=1S/C17H18FNO3/c18-14-6-1-4-12(10-14)16(15-7-3-9-22-15)19-8-2-5-13(11-19)17(20)21/h1,3-4,6-7,9-10,13,16H,2,5,8,11H2,(H,20,21). The predicted octanol–water partition coefficient (Wildman–Crippen LogP) is 3.30. The number of piperidine rings is 1. The number of hydrogen-bond donors (Lipinski definition) is 1. The van der Waals surface area contributed by atoms with Crippen molar-refractivity contribution in [3.8, 4) is 0 Å². The number of carboxylic acid groups (broad SMARTS) is 1. The maximum absolute atomic E-state index is 13.6. The van der Waals surface area contributed by atoms with Gasteiger partial charge in [0.15, 0.2) is 0 Å². The van der Waals surface area contributed by atoms with Crippen LogP contribution in [0.5, 0.6) is 0 Å². The van der Waals surface area contributed by atoms with Crippen molar-refractivity contribution in [2.45, 2.75) is 18.9 Å². The molecule has 2 unspecified atom stereocenters. The van der Waals surface area contributed by atoms with Gasteiger partial charge in [-0.25, -0.2) is 4.39 Å². The summed E-state index contributed by atoms with van der Waals surface area (Å²) in [5, 5.41) is 9.27. The zero-order valence-corrected chi connectivity index (χ0v) is 12.1. The molecular formula is C17H18FNO3. The number of carbonyl (C=O) groups is 1. The maximum Gasteiger partial charge on any atom is 0.307 e. The summed E-state index contributed by atoms with van der Waals surface area (Å²) in [4.78, 5) is 13.4. The maximum atomic E-state index is 13.6. The minimum atomic E-state index is -0.776. The monoisotopic (exact) mass is 303 g/mol. The van der Waals surface area contributed by atoms with Crippen LogP contribution in [0, 0.1) is 11.7 Å². The van der Waals surface area contributed by atoms with Crippen molar-refractivity contribution < 1.29 is 18.7 Å². The Bertz CT molecular complexity index is 641. The summed E-state index contributed by atoms with van der Waals surface area (Å²) in [6.07, 6.45) is 3.07. The highest BCUT2D eigenvalue weighted by Crippen LogP contribution is 2.33. The molecule has 2 aromatic rings. The fourth-order valence-electron chi connectivity index (χ4n) is 3.12. The van der Waals surface area contributed by atoms with Gasteiger partial charge >= 0.3 is 5.97 Å². The average molecular weight is 303 g/mol. The van der Waals surface area contributed by atoms with Gasteiger partial charge in [-0.05, 0) is 49.2 Å². The first kappa shape index (κ1) is 14.8. The first-order valence-corrected chi connectivity index (χ1v) is 7.41. The summed E-state index contributed by atoms with van der Waals surface area (Å²) in [6.45, 7) is 1.21. The molecule has 1 N–H and O–H groups in total. The van der Waals surface area contributed by atoms with E-state index < -0.39 is 5.97 Å². The highest BCUT2D eigenvalue weighted by molar-refractivity contribution is 5.70. The van der Waals surface area contributed by atoms with Crippen molar-refractivity contribution in [1.82, 2.24) is 4.90 Å². The Morgan fingerprint density at radius 2 is 2.23 bits per heavy atom. The Hall–Kier alpha value is -2.14. The summed E-state index contributed by atoms with van der Waals surface area (Å²) < 4.78 is 19.1. The van der Waals surface area contributed by atoms with Crippen LogP contribution in [0.1, 0.15) is 30.2 Å². The van der Waals surface area contributed by atoms with E-state index in [1.807, 2.05) is 12.1 Å². The van der Waals surface area contributed by atoms with Gasteiger partial charge in [0.25, 0.3) is 0 Å². The van der Waals surface area contributed by atoms with Crippen LogP contribution in [0.4, 0.5) is 4.39 Å². The SMILES string of the molecule is O=C(O)C1CCCN(C(c2cccc(F)c2)c2ccco2)C1. The molecule has 0 radical (unpaired) electrons. The van der Waals surface area contributed by atoms with E-state index >= 15 is 0 Å². The van der Waals surface area contributed by atoms with E-state index in [2.05, 4.69) is 4.90 Å². The third-order valence-corrected chi connectivity index (χ3v) is 4.14. The lowest BCUT2D eigenvalue weighted by Gasteiger charge is -2.36. The molecule has 1 aromatic carbocycles. The van der Waals surface area contributed by atoms with Crippen molar-refractivity contribution in [2.24, 2.45) is 5.92 Å². The van der Waals surface area contributed by atoms with Gasteiger partial charge in [-0.1, -0.05) is 12.1 Å². The number of rotatable bonds is 4. The Balaban J connectivity index is 1.94. The van der Waals surface area contributed by atoms with Crippen LogP contribution < -0.4 is 0 Å². The molecule has 1 aliphatic heterocycles. The minimum absolute atomic E-state index is 0.257. The van der Waals surface area contributed by atoms with E-state index in [0.717, 1.165) is 18.5 Å². The van der Waals surface area contributed by atoms with Crippen LogP contribution in [0.15, 0.2) is 47.1 Å². The molecule has 1 aliphatic rings. The van der Waals surface area contributed by atoms with Crippen LogP contribution in [0.2, 0.25) is 0 Å². The number of likely N-dealkylation sites (tertiary alicyclic amines) is 1. The van der Waals surface area contributed by atoms with Gasteiger partial charge in [0, 0.05) is 6.54 Å². The second kappa shape index (κ2) is 6.32. The summed E-state index contributed by atoms with van der Waals surface area (Å²) in [7, 11) is 0. The third kappa shape index (κ3) is 3.04. The lowest BCUT2D eigenvalue weighted by molar-refractivity contribution is -0.143. The second-order valence-corrected chi connectivity index (χ2v) is 5.65. The Labute approximate surface area is 128 Å². The first-order chi connectivity index (χ1) is 10.6. The largest absolute Gasteiger partial charge is 0.481 e. The van der Waals surface area contributed by atoms with Gasteiger partial charge in [-0.15, -0.1) is 0 Å². The van der Waals surface area contributed by atoms with Gasteiger partial charge in [-0.2, -0.15) is 0 Å². The van der Waals surface area contributed by atoms with Crippen LogP contribution in [0.3, 0.4) is 0 Å². The molecule has 0 bridgehead atoms. The molecule has 0 spiro atoms. The van der Waals surface area contributed by atoms with Crippen LogP contribution >= 0.6 is 0 Å². The first-order valence-electron chi connectivity index (χ1n) is 7.41. The second-order valence-electron chi connectivity index (χ2n) is 5.65. The molecule has 1 aromatic heterocycles. The van der Waals surface area contributed by atoms with E-state index in [9.17, 15) is 14.3 Å². The van der Waals surface area contributed by atoms with E-state index in [1.54, 1.807) is 18.4 Å². The van der Waals surface area contributed by atoms with Gasteiger partial charge in [0.2, 0.25) is 0 Å². The number of hydrogen-bond acceptors (Lipinski definition) is 3. The Morgan fingerprint density at radius 1 is 1.36 bits per heavy atom. The Kier molecular flexibility index (Phi) is 4.24. The topological polar surface area (TPSA) is 53.7 Å². The zero-order valence-electron chi connectivity index (χ0n) is 12.1. The highest BCUT2D eigenvalue weighted by Gasteiger charge is 2.32. The van der Waals surface area contributed by atoms with Crippen molar-refractivity contribution in [3.63, 3.8) is 0 Å². The van der Waals surface area contributed by atoms with Crippen molar-refractivity contribution in [3.05, 3.63) is 59.8 Å². The molecule has 2 atom stereocenters. The highest BCUT2D eigenvalue weighted by atomic mass is 19.1. The fourth-order valence-corrected chi connectivity index (χ4v) is 3.12. The van der Waals surface area contributed by atoms with Crippen molar-refractivity contribution >= 4 is 5.97 Å². The summed E-state index contributed by atoms with van der Waals surface area (Å²) in [5.41, 5.74) is 0.779. The van der Waals surface area contributed by atoms with E-state index in [0.29, 0.717) is 18.7 Å². The third-order valence-electron chi connectivity index (χ3n) is 4.14. The number of nitrogens with zero attached hydrogens (tertiary/aromatic N) is 1. The van der Waals surface area contributed by atoms with Gasteiger partial charge in [0.1, 0.15) is 11.6 Å². The number of aliphatic carboxylic acids is 1. The number of halogens is 1. The predicted molar refractivity (Wildman–Crippen MR) is 78.9 cm³/mol. The molecular weight excluding hydrogens is 285 g/mol. The molecule has 0 aliphatic carbocycles. The molecule has 116 valence electrons. The smallest absolute Gasteiger partial charge is 0.307 e. The normalized spacial score (nSPS) is 20.7. The lowest BCUT2D eigenvalue weighted by Crippen LogP contribution is -2.41. The fraction of sp³-hybridized carbons (Fsp3) is 0.353. The quantitative estimate of drug-likeness (QED) is 0.941.